The molecule has 0 rings (SSSR count). The molecule has 0 aliphatic rings. The highest BCUT2D eigenvalue weighted by molar-refractivity contribution is 6.13. The summed E-state index contributed by atoms with van der Waals surface area (Å²) in [7, 11) is 3.87. The summed E-state index contributed by atoms with van der Waals surface area (Å²) < 4.78 is 9.58. The van der Waals surface area contributed by atoms with Crippen LogP contribution in [-0.4, -0.2) is 57.2 Å². The van der Waals surface area contributed by atoms with Crippen molar-refractivity contribution >= 4 is 11.9 Å². The third-order valence-corrected chi connectivity index (χ3v) is 1.94. The molecular formula is C12H22N2O4. The molecule has 0 aliphatic heterocycles. The van der Waals surface area contributed by atoms with Crippen molar-refractivity contribution in [2.24, 2.45) is 0 Å². The summed E-state index contributed by atoms with van der Waals surface area (Å²) in [5.41, 5.74) is -0.113. The van der Waals surface area contributed by atoms with E-state index in [0.29, 0.717) is 6.54 Å². The molecule has 0 radical (unpaired) electrons. The fraction of sp³-hybridized carbons (Fsp3) is 0.667. The quantitative estimate of drug-likeness (QED) is 0.220. The van der Waals surface area contributed by atoms with Gasteiger partial charge >= 0.3 is 11.9 Å². The van der Waals surface area contributed by atoms with Gasteiger partial charge in [0.15, 0.2) is 5.57 Å². The Kier molecular flexibility index (Phi) is 8.65. The lowest BCUT2D eigenvalue weighted by Crippen LogP contribution is -2.26. The summed E-state index contributed by atoms with van der Waals surface area (Å²) in [5, 5.41) is 2.89. The van der Waals surface area contributed by atoms with Crippen molar-refractivity contribution in [3.05, 3.63) is 11.8 Å². The molecular weight excluding hydrogens is 236 g/mol. The van der Waals surface area contributed by atoms with Crippen LogP contribution in [0.25, 0.3) is 0 Å². The molecule has 18 heavy (non-hydrogen) atoms. The molecule has 0 spiro atoms. The zero-order chi connectivity index (χ0) is 14.0. The molecule has 0 aliphatic carbocycles. The van der Waals surface area contributed by atoms with E-state index in [1.165, 1.54) is 6.20 Å². The van der Waals surface area contributed by atoms with Crippen LogP contribution < -0.4 is 5.32 Å². The van der Waals surface area contributed by atoms with Gasteiger partial charge in [0.05, 0.1) is 13.2 Å². The molecule has 0 unspecified atom stereocenters. The van der Waals surface area contributed by atoms with Gasteiger partial charge in [-0.2, -0.15) is 0 Å². The average molecular weight is 258 g/mol. The third-order valence-electron chi connectivity index (χ3n) is 1.94. The predicted molar refractivity (Wildman–Crippen MR) is 67.9 cm³/mol. The lowest BCUT2D eigenvalue weighted by Gasteiger charge is -2.10. The average Bonchev–Trinajstić information content (AvgIpc) is 2.28. The molecule has 0 atom stereocenters. The largest absolute Gasteiger partial charge is 0.462 e. The van der Waals surface area contributed by atoms with E-state index < -0.39 is 11.9 Å². The zero-order valence-electron chi connectivity index (χ0n) is 11.5. The Labute approximate surface area is 108 Å². The highest BCUT2D eigenvalue weighted by atomic mass is 16.6. The smallest absolute Gasteiger partial charge is 0.347 e. The number of esters is 2. The Morgan fingerprint density at radius 1 is 1.11 bits per heavy atom. The van der Waals surface area contributed by atoms with E-state index >= 15 is 0 Å². The van der Waals surface area contributed by atoms with Crippen LogP contribution in [0.4, 0.5) is 0 Å². The van der Waals surface area contributed by atoms with Crippen LogP contribution in [0, 0.1) is 0 Å². The van der Waals surface area contributed by atoms with Gasteiger partial charge in [-0.15, -0.1) is 0 Å². The lowest BCUT2D eigenvalue weighted by molar-refractivity contribution is -0.146. The van der Waals surface area contributed by atoms with E-state index in [1.807, 2.05) is 19.0 Å². The van der Waals surface area contributed by atoms with Gasteiger partial charge in [-0.1, -0.05) is 0 Å². The molecule has 0 amide bonds. The van der Waals surface area contributed by atoms with Crippen molar-refractivity contribution in [1.82, 2.24) is 10.2 Å². The van der Waals surface area contributed by atoms with Gasteiger partial charge in [0, 0.05) is 19.3 Å². The first-order chi connectivity index (χ1) is 8.52. The number of hydrogen-bond acceptors (Lipinski definition) is 6. The number of hydrogen-bond donors (Lipinski definition) is 1. The monoisotopic (exact) mass is 258 g/mol. The van der Waals surface area contributed by atoms with Gasteiger partial charge in [0.25, 0.3) is 0 Å². The van der Waals surface area contributed by atoms with Crippen molar-refractivity contribution < 1.29 is 19.1 Å². The Bertz CT molecular complexity index is 280. The van der Waals surface area contributed by atoms with Gasteiger partial charge in [0.1, 0.15) is 0 Å². The van der Waals surface area contributed by atoms with Gasteiger partial charge in [-0.25, -0.2) is 9.59 Å². The number of carbonyl (C=O) groups is 2. The summed E-state index contributed by atoms with van der Waals surface area (Å²) in [6, 6.07) is 0. The molecule has 0 bridgehead atoms. The van der Waals surface area contributed by atoms with Crippen LogP contribution in [0.5, 0.6) is 0 Å². The van der Waals surface area contributed by atoms with Crippen LogP contribution in [-0.2, 0) is 19.1 Å². The second-order valence-corrected chi connectivity index (χ2v) is 3.76. The molecule has 0 fully saturated rings. The lowest BCUT2D eigenvalue weighted by atomic mass is 10.3. The minimum Gasteiger partial charge on any atom is -0.462 e. The van der Waals surface area contributed by atoms with Gasteiger partial charge < -0.3 is 19.7 Å². The maximum atomic E-state index is 11.5. The van der Waals surface area contributed by atoms with Crippen LogP contribution in [0.15, 0.2) is 11.8 Å². The van der Waals surface area contributed by atoms with E-state index in [9.17, 15) is 9.59 Å². The zero-order valence-corrected chi connectivity index (χ0v) is 11.5. The minimum absolute atomic E-state index is 0.113. The number of ether oxygens (including phenoxy) is 2. The second kappa shape index (κ2) is 9.47. The molecule has 0 saturated carbocycles. The van der Waals surface area contributed by atoms with Crippen molar-refractivity contribution in [1.29, 1.82) is 0 Å². The molecule has 0 aromatic heterocycles. The maximum absolute atomic E-state index is 11.5. The standard InChI is InChI=1S/C12H22N2O4/c1-5-17-11(15)10(12(16)18-6-2)9-13-7-8-14(3)4/h9,13H,5-8H2,1-4H3. The SMILES string of the molecule is CCOC(=O)C(=CNCCN(C)C)C(=O)OCC. The summed E-state index contributed by atoms with van der Waals surface area (Å²) in [6.45, 7) is 5.20. The Morgan fingerprint density at radius 2 is 1.61 bits per heavy atom. The summed E-state index contributed by atoms with van der Waals surface area (Å²) in [6.07, 6.45) is 1.35. The van der Waals surface area contributed by atoms with Crippen molar-refractivity contribution in [2.75, 3.05) is 40.4 Å². The van der Waals surface area contributed by atoms with Crippen LogP contribution in [0.3, 0.4) is 0 Å². The van der Waals surface area contributed by atoms with Crippen LogP contribution in [0.2, 0.25) is 0 Å². The maximum Gasteiger partial charge on any atom is 0.347 e. The van der Waals surface area contributed by atoms with Gasteiger partial charge in [-0.3, -0.25) is 0 Å². The number of rotatable bonds is 8. The van der Waals surface area contributed by atoms with Gasteiger partial charge in [0.2, 0.25) is 0 Å². The highest BCUT2D eigenvalue weighted by Crippen LogP contribution is 2.00. The molecule has 0 aromatic carbocycles. The molecule has 1 N–H and O–H groups in total. The molecule has 0 aromatic rings. The molecule has 104 valence electrons. The fourth-order valence-corrected chi connectivity index (χ4v) is 1.08. The normalized spacial score (nSPS) is 9.83. The molecule has 6 heteroatoms. The second-order valence-electron chi connectivity index (χ2n) is 3.76. The summed E-state index contributed by atoms with van der Waals surface area (Å²) in [5.74, 6) is -1.35. The molecule has 0 heterocycles. The van der Waals surface area contributed by atoms with Crippen molar-refractivity contribution in [3.8, 4) is 0 Å². The Balaban J connectivity index is 4.49. The first-order valence-electron chi connectivity index (χ1n) is 5.95. The van der Waals surface area contributed by atoms with E-state index in [0.717, 1.165) is 6.54 Å². The predicted octanol–water partition coefficient (Wildman–Crippen LogP) is 0.148. The van der Waals surface area contributed by atoms with Crippen LogP contribution in [0.1, 0.15) is 13.8 Å². The topological polar surface area (TPSA) is 67.9 Å². The molecule has 6 nitrogen and oxygen atoms in total. The first-order valence-corrected chi connectivity index (χ1v) is 5.95. The third kappa shape index (κ3) is 6.90. The van der Waals surface area contributed by atoms with Crippen molar-refractivity contribution in [3.63, 3.8) is 0 Å². The minimum atomic E-state index is -0.673. The highest BCUT2D eigenvalue weighted by Gasteiger charge is 2.20. The number of likely N-dealkylation sites (N-methyl/N-ethyl adjacent to an activating group) is 1. The van der Waals surface area contributed by atoms with E-state index in [1.54, 1.807) is 13.8 Å². The fourth-order valence-electron chi connectivity index (χ4n) is 1.08. The van der Waals surface area contributed by atoms with Crippen LogP contribution >= 0.6 is 0 Å². The Morgan fingerprint density at radius 3 is 2.00 bits per heavy atom. The number of nitrogens with zero attached hydrogens (tertiary/aromatic N) is 1. The van der Waals surface area contributed by atoms with E-state index in [-0.39, 0.29) is 18.8 Å². The number of carbonyl (C=O) groups excluding carboxylic acids is 2. The van der Waals surface area contributed by atoms with E-state index in [2.05, 4.69) is 5.32 Å². The van der Waals surface area contributed by atoms with E-state index in [4.69, 9.17) is 9.47 Å². The van der Waals surface area contributed by atoms with Gasteiger partial charge in [-0.05, 0) is 27.9 Å². The number of nitrogens with one attached hydrogen (secondary N) is 1. The Hall–Kier alpha value is -1.56. The molecule has 0 saturated heterocycles. The first kappa shape index (κ1) is 16.4. The summed E-state index contributed by atoms with van der Waals surface area (Å²) >= 11 is 0. The van der Waals surface area contributed by atoms with Crippen molar-refractivity contribution in [2.45, 2.75) is 13.8 Å². The summed E-state index contributed by atoms with van der Waals surface area (Å²) in [4.78, 5) is 25.1.